The fourth-order valence-electron chi connectivity index (χ4n) is 1.97. The van der Waals surface area contributed by atoms with E-state index in [9.17, 15) is 29.1 Å². The van der Waals surface area contributed by atoms with Crippen LogP contribution in [-0.4, -0.2) is 58.9 Å². The zero-order valence-electron chi connectivity index (χ0n) is 12.6. The van der Waals surface area contributed by atoms with Gasteiger partial charge in [0.2, 0.25) is 0 Å². The van der Waals surface area contributed by atoms with Gasteiger partial charge in [-0.15, -0.1) is 0 Å². The first kappa shape index (κ1) is 21.1. The molecule has 0 spiro atoms. The van der Waals surface area contributed by atoms with E-state index in [1.165, 1.54) is 12.2 Å². The average molecular weight is 346 g/mol. The van der Waals surface area contributed by atoms with Crippen LogP contribution in [0.1, 0.15) is 25.7 Å². The van der Waals surface area contributed by atoms with Crippen LogP contribution in [-0.2, 0) is 33.4 Å². The van der Waals surface area contributed by atoms with Crippen LogP contribution in [0.15, 0.2) is 12.2 Å². The van der Waals surface area contributed by atoms with Gasteiger partial charge < -0.3 is 24.8 Å². The van der Waals surface area contributed by atoms with Crippen molar-refractivity contribution in [2.24, 2.45) is 5.41 Å². The standard InChI is InChI=1S/C14H18O10/c15-8-23-7-10(24-9-16)3-1-2-4-14(13(21)22,5-11(17)18)6-12(19)20/h1-2,8-10H,3-7H2,(H,17,18)(H,19,20)(H,21,22)/b2-1+. The van der Waals surface area contributed by atoms with Crippen molar-refractivity contribution in [1.29, 1.82) is 0 Å². The van der Waals surface area contributed by atoms with E-state index in [0.717, 1.165) is 0 Å². The molecule has 0 aromatic carbocycles. The molecule has 24 heavy (non-hydrogen) atoms. The summed E-state index contributed by atoms with van der Waals surface area (Å²) in [5.41, 5.74) is -1.99. The lowest BCUT2D eigenvalue weighted by Crippen LogP contribution is -2.35. The van der Waals surface area contributed by atoms with Crippen LogP contribution in [0.4, 0.5) is 0 Å². The molecule has 0 bridgehead atoms. The van der Waals surface area contributed by atoms with Gasteiger partial charge in [0, 0.05) is 6.42 Å². The second-order valence-electron chi connectivity index (χ2n) is 4.92. The lowest BCUT2D eigenvalue weighted by atomic mass is 9.78. The van der Waals surface area contributed by atoms with Crippen molar-refractivity contribution < 1.29 is 48.8 Å². The fraction of sp³-hybridized carbons (Fsp3) is 0.500. The molecule has 0 aliphatic heterocycles. The zero-order valence-corrected chi connectivity index (χ0v) is 12.6. The van der Waals surface area contributed by atoms with Crippen molar-refractivity contribution in [1.82, 2.24) is 0 Å². The van der Waals surface area contributed by atoms with Gasteiger partial charge in [0.15, 0.2) is 0 Å². The summed E-state index contributed by atoms with van der Waals surface area (Å²) < 4.78 is 9.07. The van der Waals surface area contributed by atoms with Crippen LogP contribution in [0.5, 0.6) is 0 Å². The van der Waals surface area contributed by atoms with E-state index in [2.05, 4.69) is 9.47 Å². The molecule has 0 aromatic heterocycles. The van der Waals surface area contributed by atoms with Gasteiger partial charge >= 0.3 is 17.9 Å². The van der Waals surface area contributed by atoms with Crippen LogP contribution >= 0.6 is 0 Å². The molecule has 0 aliphatic rings. The van der Waals surface area contributed by atoms with Crippen molar-refractivity contribution in [2.75, 3.05) is 6.61 Å². The summed E-state index contributed by atoms with van der Waals surface area (Å²) in [6.45, 7) is 0.115. The second kappa shape index (κ2) is 10.8. The van der Waals surface area contributed by atoms with Gasteiger partial charge in [0.1, 0.15) is 12.7 Å². The molecule has 0 aromatic rings. The average Bonchev–Trinajstić information content (AvgIpc) is 2.47. The van der Waals surface area contributed by atoms with Crippen LogP contribution in [0.25, 0.3) is 0 Å². The van der Waals surface area contributed by atoms with Crippen LogP contribution < -0.4 is 0 Å². The summed E-state index contributed by atoms with van der Waals surface area (Å²) in [6, 6.07) is 0. The van der Waals surface area contributed by atoms with Gasteiger partial charge in [0.05, 0.1) is 18.3 Å². The Balaban J connectivity index is 4.97. The molecule has 0 saturated carbocycles. The van der Waals surface area contributed by atoms with Crippen molar-refractivity contribution >= 4 is 30.9 Å². The Morgan fingerprint density at radius 1 is 0.958 bits per heavy atom. The monoisotopic (exact) mass is 346 g/mol. The summed E-state index contributed by atoms with van der Waals surface area (Å²) in [6.07, 6.45) is -0.0948. The summed E-state index contributed by atoms with van der Waals surface area (Å²) in [5, 5.41) is 26.9. The van der Waals surface area contributed by atoms with Crippen LogP contribution in [0.2, 0.25) is 0 Å². The third-order valence-corrected chi connectivity index (χ3v) is 3.11. The van der Waals surface area contributed by atoms with Crippen molar-refractivity contribution in [3.05, 3.63) is 12.2 Å². The maximum absolute atomic E-state index is 11.4. The number of carbonyl (C=O) groups excluding carboxylic acids is 2. The molecule has 10 heteroatoms. The zero-order chi connectivity index (χ0) is 18.6. The minimum absolute atomic E-state index is 0.0718. The van der Waals surface area contributed by atoms with Gasteiger partial charge in [-0.2, -0.15) is 0 Å². The highest BCUT2D eigenvalue weighted by Crippen LogP contribution is 2.32. The Labute approximate surface area is 136 Å². The lowest BCUT2D eigenvalue weighted by Gasteiger charge is -2.24. The minimum Gasteiger partial charge on any atom is -0.481 e. The predicted octanol–water partition coefficient (Wildman–Crippen LogP) is 0.0578. The summed E-state index contributed by atoms with van der Waals surface area (Å²) in [4.78, 5) is 53.5. The number of ether oxygens (including phenoxy) is 2. The first-order chi connectivity index (χ1) is 11.3. The quantitative estimate of drug-likeness (QED) is 0.289. The van der Waals surface area contributed by atoms with Crippen molar-refractivity contribution in [2.45, 2.75) is 31.8 Å². The number of carboxylic acids is 3. The molecule has 1 atom stereocenters. The first-order valence-corrected chi connectivity index (χ1v) is 6.73. The van der Waals surface area contributed by atoms with E-state index >= 15 is 0 Å². The number of hydrogen-bond donors (Lipinski definition) is 3. The molecule has 134 valence electrons. The normalized spacial score (nSPS) is 12.3. The van der Waals surface area contributed by atoms with E-state index in [0.29, 0.717) is 0 Å². The smallest absolute Gasteiger partial charge is 0.311 e. The third-order valence-electron chi connectivity index (χ3n) is 3.11. The first-order valence-electron chi connectivity index (χ1n) is 6.73. The number of aliphatic carboxylic acids is 3. The summed E-state index contributed by atoms with van der Waals surface area (Å²) >= 11 is 0. The Bertz CT molecular complexity index is 480. The number of allylic oxidation sites excluding steroid dienone is 1. The molecule has 10 nitrogen and oxygen atoms in total. The number of carbonyl (C=O) groups is 5. The van der Waals surface area contributed by atoms with E-state index in [1.54, 1.807) is 0 Å². The molecule has 0 rings (SSSR count). The van der Waals surface area contributed by atoms with Crippen molar-refractivity contribution in [3.8, 4) is 0 Å². The molecule has 0 aliphatic carbocycles. The van der Waals surface area contributed by atoms with Crippen LogP contribution in [0, 0.1) is 5.41 Å². The van der Waals surface area contributed by atoms with E-state index in [1.807, 2.05) is 0 Å². The molecule has 0 heterocycles. The third kappa shape index (κ3) is 7.92. The molecule has 3 N–H and O–H groups in total. The van der Waals surface area contributed by atoms with Gasteiger partial charge in [-0.25, -0.2) is 0 Å². The maximum Gasteiger partial charge on any atom is 0.311 e. The van der Waals surface area contributed by atoms with Gasteiger partial charge in [-0.1, -0.05) is 12.2 Å². The molecule has 0 amide bonds. The fourth-order valence-corrected chi connectivity index (χ4v) is 1.97. The molecular formula is C14H18O10. The van der Waals surface area contributed by atoms with E-state index in [4.69, 9.17) is 10.2 Å². The van der Waals surface area contributed by atoms with E-state index < -0.39 is 42.3 Å². The Hall–Kier alpha value is -2.91. The highest BCUT2D eigenvalue weighted by atomic mass is 16.6. The number of carboxylic acid groups (broad SMARTS) is 3. The van der Waals surface area contributed by atoms with Crippen molar-refractivity contribution in [3.63, 3.8) is 0 Å². The summed E-state index contributed by atoms with van der Waals surface area (Å²) in [7, 11) is 0. The maximum atomic E-state index is 11.4. The minimum atomic E-state index is -1.99. The van der Waals surface area contributed by atoms with E-state index in [-0.39, 0.29) is 32.4 Å². The highest BCUT2D eigenvalue weighted by molar-refractivity contribution is 5.86. The molecule has 0 radical (unpaired) electrons. The van der Waals surface area contributed by atoms with Gasteiger partial charge in [-0.3, -0.25) is 24.0 Å². The number of rotatable bonds is 14. The lowest BCUT2D eigenvalue weighted by molar-refractivity contribution is -0.160. The number of hydrogen-bond acceptors (Lipinski definition) is 7. The molecule has 0 fully saturated rings. The largest absolute Gasteiger partial charge is 0.481 e. The molecule has 1 unspecified atom stereocenters. The SMILES string of the molecule is O=COCC(C/C=C/CC(CC(=O)O)(CC(=O)O)C(=O)O)OC=O. The summed E-state index contributed by atoms with van der Waals surface area (Å²) in [5.74, 6) is -4.41. The molecule has 0 saturated heterocycles. The van der Waals surface area contributed by atoms with Gasteiger partial charge in [0.25, 0.3) is 12.9 Å². The Morgan fingerprint density at radius 2 is 1.54 bits per heavy atom. The Kier molecular flexibility index (Phi) is 9.45. The second-order valence-corrected chi connectivity index (χ2v) is 4.92. The topological polar surface area (TPSA) is 164 Å². The van der Waals surface area contributed by atoms with Crippen LogP contribution in [0.3, 0.4) is 0 Å². The Morgan fingerprint density at radius 3 is 1.96 bits per heavy atom. The molecular weight excluding hydrogens is 328 g/mol. The van der Waals surface area contributed by atoms with Gasteiger partial charge in [-0.05, 0) is 6.42 Å². The predicted molar refractivity (Wildman–Crippen MR) is 75.9 cm³/mol. The highest BCUT2D eigenvalue weighted by Gasteiger charge is 2.42.